The molecule has 2 rings (SSSR count). The van der Waals surface area contributed by atoms with Crippen LogP contribution in [0.25, 0.3) is 0 Å². The molecular weight excluding hydrogens is 194 g/mol. The van der Waals surface area contributed by atoms with Crippen molar-refractivity contribution in [2.45, 2.75) is 33.1 Å². The van der Waals surface area contributed by atoms with E-state index in [-0.39, 0.29) is 5.91 Å². The fourth-order valence-corrected chi connectivity index (χ4v) is 3.11. The van der Waals surface area contributed by atoms with Crippen LogP contribution < -0.4 is 5.73 Å². The van der Waals surface area contributed by atoms with Gasteiger partial charge in [0.15, 0.2) is 0 Å². The average molecular weight is 209 g/mol. The van der Waals surface area contributed by atoms with Crippen molar-refractivity contribution < 1.29 is 4.79 Å². The molecular formula is C11H15NOS. The molecule has 76 valence electrons. The molecule has 1 aromatic heterocycles. The third-order valence-electron chi connectivity index (χ3n) is 2.93. The van der Waals surface area contributed by atoms with Crippen LogP contribution in [0.5, 0.6) is 0 Å². The summed E-state index contributed by atoms with van der Waals surface area (Å²) in [4.78, 5) is 12.5. The van der Waals surface area contributed by atoms with Crippen LogP contribution in [0.2, 0.25) is 0 Å². The van der Waals surface area contributed by atoms with Crippen LogP contribution in [0, 0.1) is 5.41 Å². The van der Waals surface area contributed by atoms with Gasteiger partial charge in [-0.25, -0.2) is 0 Å². The molecule has 0 bridgehead atoms. The SMILES string of the molecule is CC1(C)CCc2scc(C(N)=O)c2C1. The van der Waals surface area contributed by atoms with E-state index in [1.54, 1.807) is 11.3 Å². The first-order valence-electron chi connectivity index (χ1n) is 4.89. The number of carbonyl (C=O) groups excluding carboxylic acids is 1. The van der Waals surface area contributed by atoms with Gasteiger partial charge in [0.1, 0.15) is 0 Å². The second-order valence-electron chi connectivity index (χ2n) is 4.76. The zero-order valence-corrected chi connectivity index (χ0v) is 9.41. The normalized spacial score (nSPS) is 19.0. The maximum atomic E-state index is 11.2. The standard InChI is InChI=1S/C11H15NOS/c1-11(2)4-3-9-7(5-11)8(6-14-9)10(12)13/h6H,3-5H2,1-2H3,(H2,12,13). The summed E-state index contributed by atoms with van der Waals surface area (Å²) in [7, 11) is 0. The van der Waals surface area contributed by atoms with Crippen LogP contribution >= 0.6 is 11.3 Å². The van der Waals surface area contributed by atoms with E-state index in [2.05, 4.69) is 13.8 Å². The van der Waals surface area contributed by atoms with Crippen LogP contribution in [0.15, 0.2) is 5.38 Å². The van der Waals surface area contributed by atoms with Crippen LogP contribution in [0.3, 0.4) is 0 Å². The summed E-state index contributed by atoms with van der Waals surface area (Å²) < 4.78 is 0. The average Bonchev–Trinajstić information content (AvgIpc) is 2.44. The van der Waals surface area contributed by atoms with Crippen molar-refractivity contribution in [1.82, 2.24) is 0 Å². The largest absolute Gasteiger partial charge is 0.366 e. The quantitative estimate of drug-likeness (QED) is 0.758. The molecule has 0 atom stereocenters. The molecule has 0 saturated carbocycles. The van der Waals surface area contributed by atoms with Gasteiger partial charge in [-0.15, -0.1) is 11.3 Å². The number of carbonyl (C=O) groups is 1. The molecule has 0 fully saturated rings. The second kappa shape index (κ2) is 3.09. The van der Waals surface area contributed by atoms with Crippen molar-refractivity contribution in [3.8, 4) is 0 Å². The number of hydrogen-bond donors (Lipinski definition) is 1. The highest BCUT2D eigenvalue weighted by molar-refractivity contribution is 7.10. The van der Waals surface area contributed by atoms with Gasteiger partial charge in [-0.3, -0.25) is 4.79 Å². The first-order valence-corrected chi connectivity index (χ1v) is 5.77. The Morgan fingerprint density at radius 3 is 2.93 bits per heavy atom. The minimum atomic E-state index is -0.278. The minimum absolute atomic E-state index is 0.278. The Labute approximate surface area is 88.1 Å². The lowest BCUT2D eigenvalue weighted by Gasteiger charge is -2.29. The Kier molecular flexibility index (Phi) is 2.14. The van der Waals surface area contributed by atoms with Gasteiger partial charge in [0, 0.05) is 10.3 Å². The molecule has 2 N–H and O–H groups in total. The molecule has 0 aliphatic heterocycles. The number of primary amides is 1. The lowest BCUT2D eigenvalue weighted by atomic mass is 9.76. The molecule has 3 heteroatoms. The summed E-state index contributed by atoms with van der Waals surface area (Å²) in [5.74, 6) is -0.278. The third-order valence-corrected chi connectivity index (χ3v) is 4.02. The number of amides is 1. The monoisotopic (exact) mass is 209 g/mol. The van der Waals surface area contributed by atoms with Crippen molar-refractivity contribution in [2.24, 2.45) is 11.1 Å². The van der Waals surface area contributed by atoms with Crippen molar-refractivity contribution in [1.29, 1.82) is 0 Å². The molecule has 1 aliphatic carbocycles. The summed E-state index contributed by atoms with van der Waals surface area (Å²) in [5, 5.41) is 1.91. The lowest BCUT2D eigenvalue weighted by molar-refractivity contribution is 0.0999. The number of hydrogen-bond acceptors (Lipinski definition) is 2. The smallest absolute Gasteiger partial charge is 0.249 e. The minimum Gasteiger partial charge on any atom is -0.366 e. The highest BCUT2D eigenvalue weighted by Gasteiger charge is 2.29. The number of aryl methyl sites for hydroxylation is 1. The summed E-state index contributed by atoms with van der Waals surface area (Å²) in [5.41, 5.74) is 7.61. The third kappa shape index (κ3) is 1.57. The molecule has 0 saturated heterocycles. The molecule has 0 spiro atoms. The molecule has 1 heterocycles. The van der Waals surface area contributed by atoms with Gasteiger partial charge in [-0.05, 0) is 30.2 Å². The Morgan fingerprint density at radius 2 is 2.29 bits per heavy atom. The molecule has 14 heavy (non-hydrogen) atoms. The maximum absolute atomic E-state index is 11.2. The number of nitrogens with two attached hydrogens (primary N) is 1. The van der Waals surface area contributed by atoms with E-state index in [0.717, 1.165) is 18.4 Å². The zero-order valence-electron chi connectivity index (χ0n) is 8.59. The Morgan fingerprint density at radius 1 is 1.57 bits per heavy atom. The Balaban J connectivity index is 2.42. The predicted octanol–water partition coefficient (Wildman–Crippen LogP) is 2.36. The first-order chi connectivity index (χ1) is 6.49. The van der Waals surface area contributed by atoms with Crippen LogP contribution in [0.4, 0.5) is 0 Å². The fraction of sp³-hybridized carbons (Fsp3) is 0.545. The van der Waals surface area contributed by atoms with Crippen molar-refractivity contribution in [3.05, 3.63) is 21.4 Å². The molecule has 1 aliphatic rings. The van der Waals surface area contributed by atoms with Gasteiger partial charge in [0.25, 0.3) is 0 Å². The zero-order chi connectivity index (χ0) is 10.3. The van der Waals surface area contributed by atoms with Crippen LogP contribution in [-0.2, 0) is 12.8 Å². The van der Waals surface area contributed by atoms with E-state index in [4.69, 9.17) is 5.73 Å². The molecule has 2 nitrogen and oxygen atoms in total. The molecule has 1 aromatic rings. The maximum Gasteiger partial charge on any atom is 0.249 e. The fourth-order valence-electron chi connectivity index (χ4n) is 2.05. The van der Waals surface area contributed by atoms with Crippen molar-refractivity contribution >= 4 is 17.2 Å². The van der Waals surface area contributed by atoms with E-state index in [1.165, 1.54) is 16.9 Å². The van der Waals surface area contributed by atoms with Gasteiger partial charge in [-0.2, -0.15) is 0 Å². The van der Waals surface area contributed by atoms with Crippen molar-refractivity contribution in [2.75, 3.05) is 0 Å². The Bertz CT molecular complexity index is 379. The van der Waals surface area contributed by atoms with Gasteiger partial charge < -0.3 is 5.73 Å². The van der Waals surface area contributed by atoms with E-state index in [0.29, 0.717) is 5.41 Å². The van der Waals surface area contributed by atoms with Gasteiger partial charge in [-0.1, -0.05) is 13.8 Å². The molecule has 1 amide bonds. The number of fused-ring (bicyclic) bond motifs is 1. The van der Waals surface area contributed by atoms with Crippen LogP contribution in [0.1, 0.15) is 41.1 Å². The van der Waals surface area contributed by atoms with E-state index in [1.807, 2.05) is 5.38 Å². The summed E-state index contributed by atoms with van der Waals surface area (Å²) >= 11 is 1.68. The van der Waals surface area contributed by atoms with E-state index >= 15 is 0 Å². The number of thiophene rings is 1. The summed E-state index contributed by atoms with van der Waals surface area (Å²) in [6.45, 7) is 4.50. The topological polar surface area (TPSA) is 43.1 Å². The van der Waals surface area contributed by atoms with E-state index < -0.39 is 0 Å². The van der Waals surface area contributed by atoms with E-state index in [9.17, 15) is 4.79 Å². The number of rotatable bonds is 1. The Hall–Kier alpha value is -0.830. The summed E-state index contributed by atoms with van der Waals surface area (Å²) in [6, 6.07) is 0. The highest BCUT2D eigenvalue weighted by atomic mass is 32.1. The molecule has 0 unspecified atom stereocenters. The van der Waals surface area contributed by atoms with Crippen molar-refractivity contribution in [3.63, 3.8) is 0 Å². The van der Waals surface area contributed by atoms with Gasteiger partial charge in [0.2, 0.25) is 5.91 Å². The van der Waals surface area contributed by atoms with Gasteiger partial charge >= 0.3 is 0 Å². The molecule has 0 radical (unpaired) electrons. The summed E-state index contributed by atoms with van der Waals surface area (Å²) in [6.07, 6.45) is 3.29. The molecule has 0 aromatic carbocycles. The lowest BCUT2D eigenvalue weighted by Crippen LogP contribution is -2.23. The first kappa shape index (κ1) is 9.71. The highest BCUT2D eigenvalue weighted by Crippen LogP contribution is 2.38. The predicted molar refractivity (Wildman–Crippen MR) is 58.6 cm³/mol. The second-order valence-corrected chi connectivity index (χ2v) is 5.72. The van der Waals surface area contributed by atoms with Crippen LogP contribution in [-0.4, -0.2) is 5.91 Å². The van der Waals surface area contributed by atoms with Gasteiger partial charge in [0.05, 0.1) is 5.56 Å².